The lowest BCUT2D eigenvalue weighted by Gasteiger charge is -2.28. The second kappa shape index (κ2) is 4.43. The third kappa shape index (κ3) is 2.16. The van der Waals surface area contributed by atoms with E-state index in [1.165, 1.54) is 11.1 Å². The maximum Gasteiger partial charge on any atom is 0.0558 e. The number of fused-ring (bicyclic) bond motifs is 1. The molecule has 1 heterocycles. The molecule has 0 saturated carbocycles. The normalized spacial score (nSPS) is 16.7. The predicted molar refractivity (Wildman–Crippen MR) is 60.2 cm³/mol. The van der Waals surface area contributed by atoms with Crippen LogP contribution in [0.15, 0.2) is 22.7 Å². The molecule has 3 heteroatoms. The van der Waals surface area contributed by atoms with Crippen molar-refractivity contribution in [3.8, 4) is 0 Å². The van der Waals surface area contributed by atoms with Crippen LogP contribution in [0.25, 0.3) is 0 Å². The van der Waals surface area contributed by atoms with Gasteiger partial charge < -0.3 is 5.11 Å². The summed E-state index contributed by atoms with van der Waals surface area (Å²) >= 11 is 3.48. The highest BCUT2D eigenvalue weighted by Crippen LogP contribution is 2.22. The fraction of sp³-hybridized carbons (Fsp3) is 0.455. The van der Waals surface area contributed by atoms with Crippen molar-refractivity contribution in [1.82, 2.24) is 4.90 Å². The highest BCUT2D eigenvalue weighted by atomic mass is 79.9. The van der Waals surface area contributed by atoms with E-state index >= 15 is 0 Å². The number of aliphatic hydroxyl groups is 1. The Balaban J connectivity index is 2.15. The number of hydrogen-bond donors (Lipinski definition) is 1. The van der Waals surface area contributed by atoms with Gasteiger partial charge in [0.15, 0.2) is 0 Å². The number of β-amino-alcohol motifs (C(OH)–C–C–N with tert-alkyl or cyclic N) is 1. The molecule has 0 radical (unpaired) electrons. The first-order chi connectivity index (χ1) is 6.79. The maximum absolute atomic E-state index is 8.86. The molecule has 0 unspecified atom stereocenters. The van der Waals surface area contributed by atoms with Gasteiger partial charge in [-0.3, -0.25) is 4.90 Å². The highest BCUT2D eigenvalue weighted by Gasteiger charge is 2.15. The molecule has 2 nitrogen and oxygen atoms in total. The van der Waals surface area contributed by atoms with Gasteiger partial charge in [-0.2, -0.15) is 0 Å². The summed E-state index contributed by atoms with van der Waals surface area (Å²) in [7, 11) is 0. The van der Waals surface area contributed by atoms with Crippen molar-refractivity contribution in [1.29, 1.82) is 0 Å². The third-order valence-electron chi connectivity index (χ3n) is 2.68. The van der Waals surface area contributed by atoms with Gasteiger partial charge in [0.2, 0.25) is 0 Å². The highest BCUT2D eigenvalue weighted by molar-refractivity contribution is 9.10. The quantitative estimate of drug-likeness (QED) is 0.872. The molecule has 0 fully saturated rings. The van der Waals surface area contributed by atoms with Crippen LogP contribution in [0.2, 0.25) is 0 Å². The first-order valence-corrected chi connectivity index (χ1v) is 5.69. The lowest BCUT2D eigenvalue weighted by atomic mass is 10.0. The van der Waals surface area contributed by atoms with Crippen molar-refractivity contribution in [2.24, 2.45) is 0 Å². The number of nitrogens with zero attached hydrogens (tertiary/aromatic N) is 1. The lowest BCUT2D eigenvalue weighted by molar-refractivity contribution is 0.184. The molecule has 1 aromatic rings. The van der Waals surface area contributed by atoms with E-state index in [1.54, 1.807) is 0 Å². The van der Waals surface area contributed by atoms with Crippen LogP contribution in [-0.2, 0) is 13.0 Å². The van der Waals surface area contributed by atoms with Crippen LogP contribution in [0.5, 0.6) is 0 Å². The van der Waals surface area contributed by atoms with Gasteiger partial charge in [0.05, 0.1) is 6.61 Å². The Morgan fingerprint density at radius 3 is 3.00 bits per heavy atom. The number of hydrogen-bond acceptors (Lipinski definition) is 2. The molecule has 2 rings (SSSR count). The molecule has 0 spiro atoms. The van der Waals surface area contributed by atoms with Gasteiger partial charge in [-0.05, 0) is 29.7 Å². The van der Waals surface area contributed by atoms with Gasteiger partial charge in [0.25, 0.3) is 0 Å². The zero-order valence-corrected chi connectivity index (χ0v) is 9.63. The van der Waals surface area contributed by atoms with Crippen molar-refractivity contribution in [3.05, 3.63) is 33.8 Å². The monoisotopic (exact) mass is 255 g/mol. The molecule has 0 amide bonds. The summed E-state index contributed by atoms with van der Waals surface area (Å²) in [4.78, 5) is 2.29. The minimum atomic E-state index is 0.256. The number of benzene rings is 1. The molecule has 0 bridgehead atoms. The largest absolute Gasteiger partial charge is 0.395 e. The Kier molecular flexibility index (Phi) is 3.21. The summed E-state index contributed by atoms with van der Waals surface area (Å²) in [5.74, 6) is 0. The molecule has 76 valence electrons. The molecular weight excluding hydrogens is 242 g/mol. The van der Waals surface area contributed by atoms with Gasteiger partial charge in [-0.1, -0.05) is 22.0 Å². The number of halogens is 1. The Morgan fingerprint density at radius 1 is 1.36 bits per heavy atom. The summed E-state index contributed by atoms with van der Waals surface area (Å²) in [6.45, 7) is 3.08. The van der Waals surface area contributed by atoms with Crippen molar-refractivity contribution < 1.29 is 5.11 Å². The van der Waals surface area contributed by atoms with Crippen LogP contribution in [0.1, 0.15) is 11.1 Å². The predicted octanol–water partition coefficient (Wildman–Crippen LogP) is 1.80. The SMILES string of the molecule is OCCN1CCc2cc(Br)ccc2C1. The molecule has 0 atom stereocenters. The molecule has 1 aliphatic heterocycles. The van der Waals surface area contributed by atoms with Crippen LogP contribution in [-0.4, -0.2) is 29.7 Å². The van der Waals surface area contributed by atoms with Gasteiger partial charge in [0, 0.05) is 24.1 Å². The van der Waals surface area contributed by atoms with E-state index in [9.17, 15) is 0 Å². The fourth-order valence-electron chi connectivity index (χ4n) is 1.91. The zero-order chi connectivity index (χ0) is 9.97. The fourth-order valence-corrected chi connectivity index (χ4v) is 2.32. The van der Waals surface area contributed by atoms with Crippen LogP contribution in [0.3, 0.4) is 0 Å². The van der Waals surface area contributed by atoms with Crippen molar-refractivity contribution in [3.63, 3.8) is 0 Å². The minimum absolute atomic E-state index is 0.256. The van der Waals surface area contributed by atoms with Crippen LogP contribution >= 0.6 is 15.9 Å². The van der Waals surface area contributed by atoms with Gasteiger partial charge in [-0.25, -0.2) is 0 Å². The Hall–Kier alpha value is -0.380. The lowest BCUT2D eigenvalue weighted by Crippen LogP contribution is -2.32. The second-order valence-electron chi connectivity index (χ2n) is 3.66. The first kappa shape index (κ1) is 10.1. The van der Waals surface area contributed by atoms with Gasteiger partial charge in [-0.15, -0.1) is 0 Å². The van der Waals surface area contributed by atoms with Gasteiger partial charge in [0.1, 0.15) is 0 Å². The standard InChI is InChI=1S/C11H14BrNO/c12-11-2-1-10-8-13(5-6-14)4-3-9(10)7-11/h1-2,7,14H,3-6,8H2. The van der Waals surface area contributed by atoms with E-state index in [1.807, 2.05) is 0 Å². The average Bonchev–Trinajstić information content (AvgIpc) is 2.19. The van der Waals surface area contributed by atoms with Crippen LogP contribution in [0, 0.1) is 0 Å². The average molecular weight is 256 g/mol. The molecule has 14 heavy (non-hydrogen) atoms. The van der Waals surface area contributed by atoms with Gasteiger partial charge >= 0.3 is 0 Å². The van der Waals surface area contributed by atoms with E-state index in [2.05, 4.69) is 39.0 Å². The van der Waals surface area contributed by atoms with Crippen molar-refractivity contribution >= 4 is 15.9 Å². The maximum atomic E-state index is 8.86. The van der Waals surface area contributed by atoms with E-state index in [-0.39, 0.29) is 6.61 Å². The Morgan fingerprint density at radius 2 is 2.21 bits per heavy atom. The van der Waals surface area contributed by atoms with E-state index in [0.29, 0.717) is 0 Å². The topological polar surface area (TPSA) is 23.5 Å². The smallest absolute Gasteiger partial charge is 0.0558 e. The van der Waals surface area contributed by atoms with E-state index in [0.717, 1.165) is 30.5 Å². The molecule has 1 aliphatic rings. The third-order valence-corrected chi connectivity index (χ3v) is 3.17. The number of aliphatic hydroxyl groups excluding tert-OH is 1. The summed E-state index contributed by atoms with van der Waals surface area (Å²) in [5.41, 5.74) is 2.83. The molecule has 0 aromatic heterocycles. The zero-order valence-electron chi connectivity index (χ0n) is 8.04. The molecule has 1 N–H and O–H groups in total. The molecule has 0 saturated heterocycles. The summed E-state index contributed by atoms with van der Waals surface area (Å²) in [6, 6.07) is 6.45. The Bertz CT molecular complexity index is 327. The van der Waals surface area contributed by atoms with E-state index < -0.39 is 0 Å². The first-order valence-electron chi connectivity index (χ1n) is 4.90. The minimum Gasteiger partial charge on any atom is -0.395 e. The second-order valence-corrected chi connectivity index (χ2v) is 4.58. The Labute approximate surface area is 92.7 Å². The summed E-state index contributed by atoms with van der Waals surface area (Å²) in [6.07, 6.45) is 1.09. The molecule has 0 aliphatic carbocycles. The summed E-state index contributed by atoms with van der Waals surface area (Å²) in [5, 5.41) is 8.86. The molecular formula is C11H14BrNO. The molecule has 1 aromatic carbocycles. The summed E-state index contributed by atoms with van der Waals surface area (Å²) < 4.78 is 1.16. The number of rotatable bonds is 2. The van der Waals surface area contributed by atoms with Crippen molar-refractivity contribution in [2.75, 3.05) is 19.7 Å². The van der Waals surface area contributed by atoms with Crippen LogP contribution < -0.4 is 0 Å². The van der Waals surface area contributed by atoms with Crippen LogP contribution in [0.4, 0.5) is 0 Å². The van der Waals surface area contributed by atoms with E-state index in [4.69, 9.17) is 5.11 Å². The van der Waals surface area contributed by atoms with Crippen molar-refractivity contribution in [2.45, 2.75) is 13.0 Å².